The van der Waals surface area contributed by atoms with E-state index in [1.807, 2.05) is 0 Å². The number of ether oxygens (including phenoxy) is 1. The second kappa shape index (κ2) is 6.51. The minimum atomic E-state index is -0.567. The molecule has 0 spiro atoms. The zero-order valence-corrected chi connectivity index (χ0v) is 11.7. The second-order valence-electron chi connectivity index (χ2n) is 4.86. The maximum Gasteiger partial charge on any atom is 0.294 e. The third-order valence-electron chi connectivity index (χ3n) is 3.38. The number of carbonyl (C=O) groups is 1. The molecule has 1 amide bonds. The van der Waals surface area contributed by atoms with Crippen LogP contribution < -0.4 is 11.3 Å². The van der Waals surface area contributed by atoms with Gasteiger partial charge in [-0.2, -0.15) is 0 Å². The molecule has 1 aliphatic rings. The predicted octanol–water partition coefficient (Wildman–Crippen LogP) is 1.13. The van der Waals surface area contributed by atoms with E-state index in [1.54, 1.807) is 12.0 Å². The molecule has 2 rings (SSSR count). The van der Waals surface area contributed by atoms with Gasteiger partial charge in [-0.25, -0.2) is 0 Å². The van der Waals surface area contributed by atoms with Gasteiger partial charge in [-0.05, 0) is 25.0 Å². The average Bonchev–Trinajstić information content (AvgIpc) is 3.31. The summed E-state index contributed by atoms with van der Waals surface area (Å²) in [6.07, 6.45) is 1.92. The molecule has 8 heteroatoms. The maximum atomic E-state index is 12.5. The summed E-state index contributed by atoms with van der Waals surface area (Å²) in [6, 6.07) is 4.43. The number of carbonyl (C=O) groups excluding carboxylic acids is 1. The number of nitro benzene ring substituents is 1. The van der Waals surface area contributed by atoms with Crippen molar-refractivity contribution in [2.45, 2.75) is 18.9 Å². The van der Waals surface area contributed by atoms with Gasteiger partial charge < -0.3 is 15.1 Å². The first-order chi connectivity index (χ1) is 10.1. The van der Waals surface area contributed by atoms with Crippen molar-refractivity contribution in [3.05, 3.63) is 33.9 Å². The lowest BCUT2D eigenvalue weighted by Crippen LogP contribution is -2.35. The summed E-state index contributed by atoms with van der Waals surface area (Å²) < 4.78 is 5.01. The number of benzene rings is 1. The molecule has 3 N–H and O–H groups in total. The Bertz CT molecular complexity index is 545. The normalized spacial score (nSPS) is 13.8. The minimum Gasteiger partial charge on any atom is -0.383 e. The molecule has 114 valence electrons. The molecule has 0 atom stereocenters. The lowest BCUT2D eigenvalue weighted by Gasteiger charge is -2.22. The van der Waals surface area contributed by atoms with Gasteiger partial charge in [0.05, 0.1) is 11.5 Å². The van der Waals surface area contributed by atoms with Crippen molar-refractivity contribution in [1.29, 1.82) is 0 Å². The van der Waals surface area contributed by atoms with Gasteiger partial charge in [0.25, 0.3) is 11.6 Å². The van der Waals surface area contributed by atoms with Gasteiger partial charge in [0.1, 0.15) is 5.69 Å². The molecule has 0 heterocycles. The molecule has 1 fully saturated rings. The van der Waals surface area contributed by atoms with Crippen molar-refractivity contribution >= 4 is 17.3 Å². The van der Waals surface area contributed by atoms with E-state index >= 15 is 0 Å². The first-order valence-electron chi connectivity index (χ1n) is 6.63. The van der Waals surface area contributed by atoms with Gasteiger partial charge in [-0.3, -0.25) is 20.8 Å². The van der Waals surface area contributed by atoms with Gasteiger partial charge in [0, 0.05) is 31.3 Å². The zero-order valence-electron chi connectivity index (χ0n) is 11.7. The summed E-state index contributed by atoms with van der Waals surface area (Å²) in [6.45, 7) is 0.914. The van der Waals surface area contributed by atoms with Crippen molar-refractivity contribution in [2.24, 2.45) is 5.84 Å². The van der Waals surface area contributed by atoms with Crippen molar-refractivity contribution in [3.63, 3.8) is 0 Å². The van der Waals surface area contributed by atoms with Crippen LogP contribution in [0.15, 0.2) is 18.2 Å². The monoisotopic (exact) mass is 294 g/mol. The third-order valence-corrected chi connectivity index (χ3v) is 3.38. The fourth-order valence-electron chi connectivity index (χ4n) is 2.13. The smallest absolute Gasteiger partial charge is 0.294 e. The highest BCUT2D eigenvalue weighted by atomic mass is 16.6. The Labute approximate surface area is 122 Å². The molecule has 0 aliphatic heterocycles. The summed E-state index contributed by atoms with van der Waals surface area (Å²) in [7, 11) is 1.57. The van der Waals surface area contributed by atoms with E-state index in [0.29, 0.717) is 13.2 Å². The number of hydrogen-bond acceptors (Lipinski definition) is 6. The Morgan fingerprint density at radius 1 is 1.57 bits per heavy atom. The molecule has 0 radical (unpaired) electrons. The Kier molecular flexibility index (Phi) is 4.71. The number of nitrogens with zero attached hydrogens (tertiary/aromatic N) is 2. The molecule has 0 unspecified atom stereocenters. The summed E-state index contributed by atoms with van der Waals surface area (Å²) >= 11 is 0. The van der Waals surface area contributed by atoms with Crippen LogP contribution in [0.25, 0.3) is 0 Å². The standard InChI is InChI=1S/C13H18N4O4/c1-21-7-6-16(10-3-4-10)13(18)9-2-5-11(15-14)12(8-9)17(19)20/h2,5,8,10,15H,3-4,6-7,14H2,1H3. The van der Waals surface area contributed by atoms with E-state index in [0.717, 1.165) is 12.8 Å². The molecule has 8 nitrogen and oxygen atoms in total. The third kappa shape index (κ3) is 3.47. The lowest BCUT2D eigenvalue weighted by molar-refractivity contribution is -0.384. The molecule has 21 heavy (non-hydrogen) atoms. The highest BCUT2D eigenvalue weighted by Gasteiger charge is 2.33. The average molecular weight is 294 g/mol. The quantitative estimate of drug-likeness (QED) is 0.443. The molecule has 1 saturated carbocycles. The molecule has 1 aliphatic carbocycles. The van der Waals surface area contributed by atoms with Crippen LogP contribution in [-0.4, -0.2) is 42.0 Å². The largest absolute Gasteiger partial charge is 0.383 e. The van der Waals surface area contributed by atoms with Crippen LogP contribution in [0.4, 0.5) is 11.4 Å². The Morgan fingerprint density at radius 2 is 2.29 bits per heavy atom. The summed E-state index contributed by atoms with van der Waals surface area (Å²) in [5.41, 5.74) is 2.49. The number of nitrogens with two attached hydrogens (primary N) is 1. The topological polar surface area (TPSA) is 111 Å². The van der Waals surface area contributed by atoms with E-state index in [-0.39, 0.29) is 28.9 Å². The van der Waals surface area contributed by atoms with Crippen molar-refractivity contribution < 1.29 is 14.5 Å². The SMILES string of the molecule is COCCN(C(=O)c1ccc(NN)c([N+](=O)[O-])c1)C1CC1. The van der Waals surface area contributed by atoms with Crippen LogP contribution in [0.1, 0.15) is 23.2 Å². The number of methoxy groups -OCH3 is 1. The molecular weight excluding hydrogens is 276 g/mol. The van der Waals surface area contributed by atoms with Gasteiger partial charge in [0.2, 0.25) is 0 Å². The van der Waals surface area contributed by atoms with E-state index in [2.05, 4.69) is 5.43 Å². The molecule has 0 aromatic heterocycles. The Morgan fingerprint density at radius 3 is 2.81 bits per heavy atom. The summed E-state index contributed by atoms with van der Waals surface area (Å²) in [5, 5.41) is 11.0. The number of rotatable bonds is 7. The number of amides is 1. The molecule has 1 aromatic carbocycles. The van der Waals surface area contributed by atoms with Crippen molar-refractivity contribution in [3.8, 4) is 0 Å². The van der Waals surface area contributed by atoms with Crippen LogP contribution in [-0.2, 0) is 4.74 Å². The van der Waals surface area contributed by atoms with Gasteiger partial charge in [-0.15, -0.1) is 0 Å². The summed E-state index contributed by atoms with van der Waals surface area (Å²) in [5.74, 6) is 5.01. The van der Waals surface area contributed by atoms with E-state index in [4.69, 9.17) is 10.6 Å². The zero-order chi connectivity index (χ0) is 15.4. The van der Waals surface area contributed by atoms with E-state index < -0.39 is 4.92 Å². The predicted molar refractivity (Wildman–Crippen MR) is 76.8 cm³/mol. The first kappa shape index (κ1) is 15.2. The van der Waals surface area contributed by atoms with Crippen LogP contribution in [0.5, 0.6) is 0 Å². The first-order valence-corrected chi connectivity index (χ1v) is 6.63. The Balaban J connectivity index is 2.24. The van der Waals surface area contributed by atoms with Crippen LogP contribution >= 0.6 is 0 Å². The highest BCUT2D eigenvalue weighted by Crippen LogP contribution is 2.30. The van der Waals surface area contributed by atoms with Gasteiger partial charge >= 0.3 is 0 Å². The maximum absolute atomic E-state index is 12.5. The lowest BCUT2D eigenvalue weighted by atomic mass is 10.1. The second-order valence-corrected chi connectivity index (χ2v) is 4.86. The van der Waals surface area contributed by atoms with Crippen molar-refractivity contribution in [2.75, 3.05) is 25.7 Å². The fourth-order valence-corrected chi connectivity index (χ4v) is 2.13. The van der Waals surface area contributed by atoms with Crippen LogP contribution in [0, 0.1) is 10.1 Å². The van der Waals surface area contributed by atoms with Gasteiger partial charge in [0.15, 0.2) is 0 Å². The molecule has 0 saturated heterocycles. The highest BCUT2D eigenvalue weighted by molar-refractivity contribution is 5.96. The van der Waals surface area contributed by atoms with E-state index in [9.17, 15) is 14.9 Å². The number of hydrazine groups is 1. The number of nitro groups is 1. The molecule has 0 bridgehead atoms. The fraction of sp³-hybridized carbons (Fsp3) is 0.462. The number of anilines is 1. The number of nitrogen functional groups attached to an aromatic ring is 1. The van der Waals surface area contributed by atoms with Crippen molar-refractivity contribution in [1.82, 2.24) is 4.90 Å². The van der Waals surface area contributed by atoms with Crippen LogP contribution in [0.2, 0.25) is 0 Å². The number of nitrogens with one attached hydrogen (secondary N) is 1. The molecule has 1 aromatic rings. The van der Waals surface area contributed by atoms with E-state index in [1.165, 1.54) is 18.2 Å². The minimum absolute atomic E-state index is 0.173. The molecular formula is C13H18N4O4. The summed E-state index contributed by atoms with van der Waals surface area (Å²) in [4.78, 5) is 24.7. The Hall–Kier alpha value is -2.19. The number of hydrogen-bond donors (Lipinski definition) is 2. The van der Waals surface area contributed by atoms with Gasteiger partial charge in [-0.1, -0.05) is 0 Å². The van der Waals surface area contributed by atoms with Crippen LogP contribution in [0.3, 0.4) is 0 Å².